The number of rotatable bonds is 10. The molecule has 1 aromatic carbocycles. The molecule has 0 fully saturated rings. The normalized spacial score (nSPS) is 12.9. The van der Waals surface area contributed by atoms with E-state index in [9.17, 15) is 14.4 Å². The van der Waals surface area contributed by atoms with Crippen molar-refractivity contribution in [2.24, 2.45) is 5.92 Å². The summed E-state index contributed by atoms with van der Waals surface area (Å²) in [7, 11) is 0. The zero-order chi connectivity index (χ0) is 20.4. The van der Waals surface area contributed by atoms with Crippen molar-refractivity contribution in [3.05, 3.63) is 34.9 Å². The Morgan fingerprint density at radius 3 is 2.33 bits per heavy atom. The van der Waals surface area contributed by atoms with Crippen molar-refractivity contribution < 1.29 is 29.0 Å². The fourth-order valence-electron chi connectivity index (χ4n) is 2.23. The smallest absolute Gasteiger partial charge is 0.407 e. The topological polar surface area (TPSA) is 102 Å². The monoisotopic (exact) mass is 399 g/mol. The van der Waals surface area contributed by atoms with Crippen molar-refractivity contribution in [2.45, 2.75) is 45.6 Å². The van der Waals surface area contributed by atoms with Crippen LogP contribution in [0.4, 0.5) is 4.79 Å². The van der Waals surface area contributed by atoms with Crippen LogP contribution in [0, 0.1) is 5.92 Å². The lowest BCUT2D eigenvalue weighted by molar-refractivity contribution is -0.150. The molecule has 2 N–H and O–H groups in total. The number of hydrogen-bond donors (Lipinski definition) is 2. The molecule has 0 aliphatic carbocycles. The van der Waals surface area contributed by atoms with Gasteiger partial charge in [-0.15, -0.1) is 0 Å². The number of carbonyl (C=O) groups is 3. The van der Waals surface area contributed by atoms with Crippen molar-refractivity contribution in [1.29, 1.82) is 0 Å². The van der Waals surface area contributed by atoms with Crippen LogP contribution in [-0.2, 0) is 19.1 Å². The Morgan fingerprint density at radius 2 is 1.81 bits per heavy atom. The lowest BCUT2D eigenvalue weighted by Crippen LogP contribution is -2.34. The lowest BCUT2D eigenvalue weighted by atomic mass is 9.96. The Kier molecular flexibility index (Phi) is 9.64. The Labute approximate surface area is 164 Å². The van der Waals surface area contributed by atoms with Gasteiger partial charge in [0, 0.05) is 17.5 Å². The zero-order valence-corrected chi connectivity index (χ0v) is 16.5. The first kappa shape index (κ1) is 22.8. The summed E-state index contributed by atoms with van der Waals surface area (Å²) in [6.45, 7) is 5.32. The highest BCUT2D eigenvalue weighted by atomic mass is 35.5. The van der Waals surface area contributed by atoms with Gasteiger partial charge in [0.2, 0.25) is 0 Å². The van der Waals surface area contributed by atoms with Crippen LogP contribution in [0.15, 0.2) is 24.3 Å². The fraction of sp³-hybridized carbons (Fsp3) is 0.526. The summed E-state index contributed by atoms with van der Waals surface area (Å²) in [5.74, 6) is -2.02. The van der Waals surface area contributed by atoms with Crippen LogP contribution < -0.4 is 5.32 Å². The standard InChI is InChI=1S/C19H26ClNO6/c1-4-16(11-26-18(24)12(2)3)27-19(25)21-10-14(9-17(22)23)13-5-7-15(20)8-6-13/h5-8,12,14,16H,4,9-11H2,1-3H3,(H,21,25)(H,22,23). The minimum atomic E-state index is -0.975. The summed E-state index contributed by atoms with van der Waals surface area (Å²) in [6.07, 6.45) is -0.924. The third-order valence-corrected chi connectivity index (χ3v) is 4.12. The molecule has 0 saturated carbocycles. The second kappa shape index (κ2) is 11.4. The van der Waals surface area contributed by atoms with E-state index < -0.39 is 24.1 Å². The predicted octanol–water partition coefficient (Wildman–Crippen LogP) is 3.60. The maximum atomic E-state index is 12.0. The van der Waals surface area contributed by atoms with Crippen LogP contribution in [0.5, 0.6) is 0 Å². The van der Waals surface area contributed by atoms with Gasteiger partial charge in [0.1, 0.15) is 12.7 Å². The molecule has 8 heteroatoms. The molecule has 0 aliphatic rings. The molecule has 0 aliphatic heterocycles. The van der Waals surface area contributed by atoms with Gasteiger partial charge < -0.3 is 19.9 Å². The van der Waals surface area contributed by atoms with Gasteiger partial charge in [0.05, 0.1) is 12.3 Å². The molecule has 1 aromatic rings. The Morgan fingerprint density at radius 1 is 1.19 bits per heavy atom. The van der Waals surface area contributed by atoms with Crippen LogP contribution in [0.1, 0.15) is 45.1 Å². The molecule has 150 valence electrons. The van der Waals surface area contributed by atoms with Crippen LogP contribution >= 0.6 is 11.6 Å². The van der Waals surface area contributed by atoms with E-state index in [0.717, 1.165) is 5.56 Å². The molecule has 0 saturated heterocycles. The fourth-order valence-corrected chi connectivity index (χ4v) is 2.36. The SMILES string of the molecule is CCC(COC(=O)C(C)C)OC(=O)NCC(CC(=O)O)c1ccc(Cl)cc1. The van der Waals surface area contributed by atoms with E-state index in [0.29, 0.717) is 11.4 Å². The average molecular weight is 400 g/mol. The number of esters is 1. The van der Waals surface area contributed by atoms with Crippen LogP contribution in [0.2, 0.25) is 5.02 Å². The van der Waals surface area contributed by atoms with E-state index >= 15 is 0 Å². The van der Waals surface area contributed by atoms with E-state index in [2.05, 4.69) is 5.32 Å². The van der Waals surface area contributed by atoms with Gasteiger partial charge in [-0.1, -0.05) is 44.5 Å². The summed E-state index contributed by atoms with van der Waals surface area (Å²) in [4.78, 5) is 34.6. The number of carboxylic acids is 1. The van der Waals surface area contributed by atoms with E-state index in [1.54, 1.807) is 38.1 Å². The second-order valence-electron chi connectivity index (χ2n) is 6.45. The quantitative estimate of drug-likeness (QED) is 0.583. The number of nitrogens with one attached hydrogen (secondary N) is 1. The molecule has 0 heterocycles. The lowest BCUT2D eigenvalue weighted by Gasteiger charge is -2.20. The number of benzene rings is 1. The molecular weight excluding hydrogens is 374 g/mol. The largest absolute Gasteiger partial charge is 0.481 e. The highest BCUT2D eigenvalue weighted by Crippen LogP contribution is 2.21. The van der Waals surface area contributed by atoms with E-state index in [-0.39, 0.29) is 31.5 Å². The van der Waals surface area contributed by atoms with Gasteiger partial charge in [-0.2, -0.15) is 0 Å². The third kappa shape index (κ3) is 8.77. The van der Waals surface area contributed by atoms with Crippen LogP contribution in [0.25, 0.3) is 0 Å². The van der Waals surface area contributed by atoms with Crippen molar-refractivity contribution in [3.63, 3.8) is 0 Å². The first-order valence-electron chi connectivity index (χ1n) is 8.81. The number of alkyl carbamates (subject to hydrolysis) is 1. The Bertz CT molecular complexity index is 632. The van der Waals surface area contributed by atoms with Gasteiger partial charge >= 0.3 is 18.0 Å². The number of hydrogen-bond acceptors (Lipinski definition) is 5. The van der Waals surface area contributed by atoms with Crippen LogP contribution in [0.3, 0.4) is 0 Å². The number of halogens is 1. The zero-order valence-electron chi connectivity index (χ0n) is 15.7. The van der Waals surface area contributed by atoms with Gasteiger partial charge in [-0.25, -0.2) is 4.79 Å². The summed E-state index contributed by atoms with van der Waals surface area (Å²) >= 11 is 5.85. The summed E-state index contributed by atoms with van der Waals surface area (Å²) in [6, 6.07) is 6.78. The highest BCUT2D eigenvalue weighted by molar-refractivity contribution is 6.30. The minimum Gasteiger partial charge on any atom is -0.481 e. The maximum Gasteiger partial charge on any atom is 0.407 e. The van der Waals surface area contributed by atoms with E-state index in [1.807, 2.05) is 6.92 Å². The Hall–Kier alpha value is -2.28. The first-order chi connectivity index (χ1) is 12.7. The van der Waals surface area contributed by atoms with Gasteiger partial charge in [-0.05, 0) is 24.1 Å². The van der Waals surface area contributed by atoms with Crippen molar-refractivity contribution in [1.82, 2.24) is 5.32 Å². The number of aliphatic carboxylic acids is 1. The van der Waals surface area contributed by atoms with Crippen molar-refractivity contribution >= 4 is 29.6 Å². The van der Waals surface area contributed by atoms with Crippen LogP contribution in [-0.4, -0.2) is 42.4 Å². The maximum absolute atomic E-state index is 12.0. The third-order valence-electron chi connectivity index (χ3n) is 3.87. The van der Waals surface area contributed by atoms with E-state index in [1.165, 1.54) is 0 Å². The molecule has 0 spiro atoms. The molecular formula is C19H26ClNO6. The molecule has 1 rings (SSSR count). The minimum absolute atomic E-state index is 0.0172. The molecule has 0 bridgehead atoms. The number of ether oxygens (including phenoxy) is 2. The molecule has 7 nitrogen and oxygen atoms in total. The molecule has 0 radical (unpaired) electrons. The molecule has 2 unspecified atom stereocenters. The highest BCUT2D eigenvalue weighted by Gasteiger charge is 2.20. The number of carbonyl (C=O) groups excluding carboxylic acids is 2. The van der Waals surface area contributed by atoms with Gasteiger partial charge in [-0.3, -0.25) is 9.59 Å². The van der Waals surface area contributed by atoms with Gasteiger partial charge in [0.15, 0.2) is 0 Å². The van der Waals surface area contributed by atoms with E-state index in [4.69, 9.17) is 26.2 Å². The predicted molar refractivity (Wildman–Crippen MR) is 101 cm³/mol. The summed E-state index contributed by atoms with van der Waals surface area (Å²) < 4.78 is 10.3. The Balaban J connectivity index is 2.58. The average Bonchev–Trinajstić information content (AvgIpc) is 2.62. The molecule has 0 aromatic heterocycles. The summed E-state index contributed by atoms with van der Waals surface area (Å²) in [5.41, 5.74) is 0.750. The van der Waals surface area contributed by atoms with Crippen molar-refractivity contribution in [2.75, 3.05) is 13.2 Å². The molecule has 27 heavy (non-hydrogen) atoms. The number of amides is 1. The number of carboxylic acid groups (broad SMARTS) is 1. The second-order valence-corrected chi connectivity index (χ2v) is 6.88. The first-order valence-corrected chi connectivity index (χ1v) is 9.19. The van der Waals surface area contributed by atoms with Gasteiger partial charge in [0.25, 0.3) is 0 Å². The molecule has 2 atom stereocenters. The molecule has 1 amide bonds. The van der Waals surface area contributed by atoms with Crippen molar-refractivity contribution in [3.8, 4) is 0 Å². The summed E-state index contributed by atoms with van der Waals surface area (Å²) in [5, 5.41) is 12.2.